The van der Waals surface area contributed by atoms with E-state index in [4.69, 9.17) is 4.74 Å². The predicted molar refractivity (Wildman–Crippen MR) is 95.7 cm³/mol. The summed E-state index contributed by atoms with van der Waals surface area (Å²) in [5.74, 6) is 1.28. The first kappa shape index (κ1) is 18.4. The number of anilines is 1. The molecule has 1 fully saturated rings. The molecule has 0 bridgehead atoms. The van der Waals surface area contributed by atoms with Gasteiger partial charge in [0.15, 0.2) is 0 Å². The Labute approximate surface area is 144 Å². The van der Waals surface area contributed by atoms with Gasteiger partial charge < -0.3 is 10.1 Å². The first-order valence-electron chi connectivity index (χ1n) is 8.70. The van der Waals surface area contributed by atoms with Crippen molar-refractivity contribution in [2.75, 3.05) is 11.9 Å². The van der Waals surface area contributed by atoms with Crippen LogP contribution in [0.1, 0.15) is 59.8 Å². The van der Waals surface area contributed by atoms with Crippen LogP contribution >= 0.6 is 11.3 Å². The van der Waals surface area contributed by atoms with E-state index in [1.54, 1.807) is 11.7 Å². The van der Waals surface area contributed by atoms with Crippen LogP contribution in [0.2, 0.25) is 0 Å². The Kier molecular flexibility index (Phi) is 6.60. The van der Waals surface area contributed by atoms with Gasteiger partial charge in [0.2, 0.25) is 5.91 Å². The van der Waals surface area contributed by atoms with Crippen LogP contribution < -0.4 is 5.32 Å². The summed E-state index contributed by atoms with van der Waals surface area (Å²) >= 11 is 1.47. The molecule has 2 rings (SSSR count). The molecule has 0 aliphatic carbocycles. The number of aromatic nitrogens is 1. The third-order valence-corrected chi connectivity index (χ3v) is 5.51. The van der Waals surface area contributed by atoms with E-state index in [2.05, 4.69) is 38.0 Å². The van der Waals surface area contributed by atoms with Crippen molar-refractivity contribution < 1.29 is 9.53 Å². The monoisotopic (exact) mass is 338 g/mol. The zero-order valence-electron chi connectivity index (χ0n) is 14.8. The van der Waals surface area contributed by atoms with E-state index >= 15 is 0 Å². The fourth-order valence-electron chi connectivity index (χ4n) is 3.31. The molecule has 1 aliphatic rings. The van der Waals surface area contributed by atoms with E-state index in [9.17, 15) is 4.79 Å². The molecule has 1 amide bonds. The van der Waals surface area contributed by atoms with Crippen molar-refractivity contribution in [1.82, 2.24) is 4.98 Å². The molecule has 130 valence electrons. The van der Waals surface area contributed by atoms with Gasteiger partial charge in [-0.3, -0.25) is 9.78 Å². The lowest BCUT2D eigenvalue weighted by Gasteiger charge is -2.42. The molecule has 1 aromatic rings. The van der Waals surface area contributed by atoms with Crippen molar-refractivity contribution in [1.29, 1.82) is 0 Å². The Morgan fingerprint density at radius 2 is 2.26 bits per heavy atom. The number of hydrogen-bond acceptors (Lipinski definition) is 4. The van der Waals surface area contributed by atoms with Gasteiger partial charge in [-0.2, -0.15) is 0 Å². The van der Waals surface area contributed by atoms with Gasteiger partial charge in [0.1, 0.15) is 5.00 Å². The minimum absolute atomic E-state index is 0.0756. The maximum atomic E-state index is 12.5. The molecule has 1 aromatic heterocycles. The SMILES string of the molecule is CC(C)CC[C@]1(CC(=O)Nc2cncs2)CCO[C@@H](C(C)C)C1. The van der Waals surface area contributed by atoms with Crippen LogP contribution in [-0.4, -0.2) is 23.6 Å². The summed E-state index contributed by atoms with van der Waals surface area (Å²) in [6, 6.07) is 0. The largest absolute Gasteiger partial charge is 0.378 e. The van der Waals surface area contributed by atoms with Gasteiger partial charge in [0.05, 0.1) is 17.8 Å². The number of ether oxygens (including phenoxy) is 1. The quantitative estimate of drug-likeness (QED) is 0.782. The van der Waals surface area contributed by atoms with Gasteiger partial charge in [-0.05, 0) is 36.5 Å². The smallest absolute Gasteiger partial charge is 0.225 e. The van der Waals surface area contributed by atoms with E-state index < -0.39 is 0 Å². The van der Waals surface area contributed by atoms with Gasteiger partial charge in [0.25, 0.3) is 0 Å². The molecular weight excluding hydrogens is 308 g/mol. The fraction of sp³-hybridized carbons (Fsp3) is 0.778. The first-order chi connectivity index (χ1) is 10.9. The van der Waals surface area contributed by atoms with Crippen molar-refractivity contribution in [3.63, 3.8) is 0 Å². The minimum Gasteiger partial charge on any atom is -0.378 e. The van der Waals surface area contributed by atoms with E-state index in [0.29, 0.717) is 18.3 Å². The molecule has 4 nitrogen and oxygen atoms in total. The molecule has 0 unspecified atom stereocenters. The van der Waals surface area contributed by atoms with E-state index in [1.807, 2.05) is 0 Å². The maximum absolute atomic E-state index is 12.5. The average molecular weight is 339 g/mol. The molecule has 1 saturated heterocycles. The molecule has 0 aromatic carbocycles. The van der Waals surface area contributed by atoms with Gasteiger partial charge in [-0.15, -0.1) is 11.3 Å². The Morgan fingerprint density at radius 1 is 1.48 bits per heavy atom. The molecule has 1 aliphatic heterocycles. The summed E-state index contributed by atoms with van der Waals surface area (Å²) in [5, 5.41) is 3.84. The number of thiazole rings is 1. The molecule has 0 spiro atoms. The summed E-state index contributed by atoms with van der Waals surface area (Å²) in [5.41, 5.74) is 1.82. The van der Waals surface area contributed by atoms with Crippen LogP contribution in [0.4, 0.5) is 5.00 Å². The summed E-state index contributed by atoms with van der Waals surface area (Å²) < 4.78 is 5.95. The molecule has 2 atom stereocenters. The number of carbonyl (C=O) groups excluding carboxylic acids is 1. The average Bonchev–Trinajstić information content (AvgIpc) is 2.98. The number of amides is 1. The lowest BCUT2D eigenvalue weighted by atomic mass is 9.69. The van der Waals surface area contributed by atoms with Crippen LogP contribution in [0.3, 0.4) is 0 Å². The zero-order valence-corrected chi connectivity index (χ0v) is 15.6. The highest BCUT2D eigenvalue weighted by molar-refractivity contribution is 7.13. The Bertz CT molecular complexity index is 487. The van der Waals surface area contributed by atoms with Gasteiger partial charge in [-0.1, -0.05) is 34.1 Å². The lowest BCUT2D eigenvalue weighted by molar-refractivity contribution is -0.124. The van der Waals surface area contributed by atoms with E-state index in [-0.39, 0.29) is 17.4 Å². The van der Waals surface area contributed by atoms with Gasteiger partial charge in [-0.25, -0.2) is 0 Å². The second-order valence-electron chi connectivity index (χ2n) is 7.63. The summed E-state index contributed by atoms with van der Waals surface area (Å²) in [6.45, 7) is 9.70. The molecular formula is C18H30N2O2S. The normalized spacial score (nSPS) is 25.0. The number of rotatable bonds is 7. The number of nitrogens with one attached hydrogen (secondary N) is 1. The topological polar surface area (TPSA) is 51.2 Å². The molecule has 0 radical (unpaired) electrons. The second-order valence-corrected chi connectivity index (χ2v) is 8.52. The minimum atomic E-state index is 0.0756. The highest BCUT2D eigenvalue weighted by atomic mass is 32.1. The zero-order chi connectivity index (χ0) is 16.9. The van der Waals surface area contributed by atoms with Crippen LogP contribution in [0.25, 0.3) is 0 Å². The summed E-state index contributed by atoms with van der Waals surface area (Å²) in [4.78, 5) is 16.5. The second kappa shape index (κ2) is 8.25. The predicted octanol–water partition coefficient (Wildman–Crippen LogP) is 4.73. The van der Waals surface area contributed by atoms with Crippen molar-refractivity contribution in [2.24, 2.45) is 17.3 Å². The van der Waals surface area contributed by atoms with Gasteiger partial charge in [0, 0.05) is 13.0 Å². The van der Waals surface area contributed by atoms with Crippen molar-refractivity contribution in [3.8, 4) is 0 Å². The Balaban J connectivity index is 2.04. The third-order valence-electron chi connectivity index (χ3n) is 4.82. The Hall–Kier alpha value is -0.940. The maximum Gasteiger partial charge on any atom is 0.225 e. The highest BCUT2D eigenvalue weighted by Gasteiger charge is 2.39. The van der Waals surface area contributed by atoms with Crippen molar-refractivity contribution in [3.05, 3.63) is 11.7 Å². The molecule has 5 heteroatoms. The molecule has 2 heterocycles. The third kappa shape index (κ3) is 5.57. The Morgan fingerprint density at radius 3 is 2.87 bits per heavy atom. The highest BCUT2D eigenvalue weighted by Crippen LogP contribution is 2.43. The van der Waals surface area contributed by atoms with Crippen LogP contribution in [0.5, 0.6) is 0 Å². The molecule has 23 heavy (non-hydrogen) atoms. The molecule has 0 saturated carbocycles. The van der Waals surface area contributed by atoms with Crippen molar-refractivity contribution in [2.45, 2.75) is 65.9 Å². The van der Waals surface area contributed by atoms with Crippen LogP contribution in [-0.2, 0) is 9.53 Å². The summed E-state index contributed by atoms with van der Waals surface area (Å²) in [6.07, 6.45) is 6.82. The first-order valence-corrected chi connectivity index (χ1v) is 9.58. The summed E-state index contributed by atoms with van der Waals surface area (Å²) in [7, 11) is 0. The fourth-order valence-corrected chi connectivity index (χ4v) is 3.84. The molecule has 1 N–H and O–H groups in total. The number of nitrogens with zero attached hydrogens (tertiary/aromatic N) is 1. The number of carbonyl (C=O) groups is 1. The lowest BCUT2D eigenvalue weighted by Crippen LogP contribution is -2.40. The van der Waals surface area contributed by atoms with Crippen LogP contribution in [0, 0.1) is 17.3 Å². The van der Waals surface area contributed by atoms with E-state index in [1.165, 1.54) is 17.8 Å². The number of hydrogen-bond donors (Lipinski definition) is 1. The van der Waals surface area contributed by atoms with Crippen molar-refractivity contribution >= 4 is 22.2 Å². The van der Waals surface area contributed by atoms with Gasteiger partial charge >= 0.3 is 0 Å². The van der Waals surface area contributed by atoms with E-state index in [0.717, 1.165) is 30.9 Å². The van der Waals surface area contributed by atoms with Crippen LogP contribution in [0.15, 0.2) is 11.7 Å². The standard InChI is InChI=1S/C18H30N2O2S/c1-13(2)5-6-18(7-8-22-15(9-18)14(3)4)10-16(21)20-17-11-19-12-23-17/h11-15H,5-10H2,1-4H3,(H,20,21)/t15-,18+/m1/s1.